The van der Waals surface area contributed by atoms with Gasteiger partial charge in [0.05, 0.1) is 0 Å². The van der Waals surface area contributed by atoms with Gasteiger partial charge in [0.15, 0.2) is 7.83 Å². The third kappa shape index (κ3) is 2.66. The minimum Gasteiger partial charge on any atom is -0.420 e. The van der Waals surface area contributed by atoms with Gasteiger partial charge >= 0.3 is 0 Å². The largest absolute Gasteiger partial charge is 0.420 e. The first-order valence-electron chi connectivity index (χ1n) is 7.27. The number of hydrogen-bond donors (Lipinski definition) is 0. The van der Waals surface area contributed by atoms with E-state index in [9.17, 15) is 0 Å². The highest BCUT2D eigenvalue weighted by Gasteiger charge is 2.49. The highest BCUT2D eigenvalue weighted by Crippen LogP contribution is 2.21. The Labute approximate surface area is 124 Å². The molecule has 0 bridgehead atoms. The lowest BCUT2D eigenvalue weighted by atomic mass is 10.4. The zero-order valence-corrected chi connectivity index (χ0v) is 14.9. The van der Waals surface area contributed by atoms with Crippen molar-refractivity contribution in [1.29, 1.82) is 0 Å². The molecular weight excluding hydrogens is 276 g/mol. The second-order valence-electron chi connectivity index (χ2n) is 5.80. The molecule has 2 aromatic carbocycles. The van der Waals surface area contributed by atoms with Gasteiger partial charge in [0.2, 0.25) is 0 Å². The Kier molecular flexibility index (Phi) is 4.63. The molecule has 0 aliphatic rings. The molecule has 2 aromatic rings. The third-order valence-corrected chi connectivity index (χ3v) is 20.2. The van der Waals surface area contributed by atoms with E-state index in [1.807, 2.05) is 0 Å². The Morgan fingerprint density at radius 3 is 1.50 bits per heavy atom. The Hall–Kier alpha value is -1.17. The van der Waals surface area contributed by atoms with Crippen LogP contribution in [0.2, 0.25) is 19.6 Å². The van der Waals surface area contributed by atoms with Gasteiger partial charge in [-0.1, -0.05) is 77.6 Å². The quantitative estimate of drug-likeness (QED) is 0.771. The van der Waals surface area contributed by atoms with Crippen LogP contribution >= 0.6 is 0 Å². The molecule has 0 unspecified atom stereocenters. The van der Waals surface area contributed by atoms with E-state index in [-0.39, 0.29) is 0 Å². The summed E-state index contributed by atoms with van der Waals surface area (Å²) in [4.78, 5) is 0. The van der Waals surface area contributed by atoms with Gasteiger partial charge in [0, 0.05) is 6.61 Å². The van der Waals surface area contributed by atoms with Crippen LogP contribution in [0.4, 0.5) is 0 Å². The Bertz CT molecular complexity index is 498. The predicted octanol–water partition coefficient (Wildman–Crippen LogP) is 3.20. The Morgan fingerprint density at radius 2 is 1.15 bits per heavy atom. The topological polar surface area (TPSA) is 9.23 Å². The van der Waals surface area contributed by atoms with Crippen LogP contribution in [-0.4, -0.2) is 22.0 Å². The minimum absolute atomic E-state index is 0.807. The van der Waals surface area contributed by atoms with Crippen LogP contribution in [-0.2, 0) is 4.43 Å². The van der Waals surface area contributed by atoms with E-state index in [0.29, 0.717) is 0 Å². The van der Waals surface area contributed by atoms with Crippen LogP contribution in [0.25, 0.3) is 0 Å². The molecule has 0 heterocycles. The normalized spacial score (nSPS) is 12.4. The second kappa shape index (κ2) is 6.08. The van der Waals surface area contributed by atoms with Crippen molar-refractivity contribution in [2.45, 2.75) is 26.6 Å². The van der Waals surface area contributed by atoms with Crippen LogP contribution in [0.15, 0.2) is 60.7 Å². The van der Waals surface area contributed by atoms with Crippen molar-refractivity contribution >= 4 is 25.8 Å². The molecule has 1 nitrogen and oxygen atoms in total. The van der Waals surface area contributed by atoms with Crippen molar-refractivity contribution < 1.29 is 4.43 Å². The first-order valence-corrected chi connectivity index (χ1v) is 13.7. The molecule has 0 saturated heterocycles. The molecule has 0 saturated carbocycles. The summed E-state index contributed by atoms with van der Waals surface area (Å²) in [6.45, 7) is 10.1. The molecule has 0 spiro atoms. The Balaban J connectivity index is 2.61. The summed E-state index contributed by atoms with van der Waals surface area (Å²) in [6, 6.07) is 21.9. The average molecular weight is 301 g/mol. The molecule has 0 radical (unpaired) electrons. The maximum atomic E-state index is 6.30. The van der Waals surface area contributed by atoms with Crippen LogP contribution in [0.5, 0.6) is 0 Å². The maximum absolute atomic E-state index is 6.30. The molecule has 20 heavy (non-hydrogen) atoms. The average Bonchev–Trinajstić information content (AvgIpc) is 2.48. The summed E-state index contributed by atoms with van der Waals surface area (Å²) >= 11 is 0. The molecule has 0 fully saturated rings. The zero-order chi connectivity index (χ0) is 14.6. The summed E-state index contributed by atoms with van der Waals surface area (Å²) in [5.74, 6) is 0. The van der Waals surface area contributed by atoms with Gasteiger partial charge < -0.3 is 4.43 Å². The lowest BCUT2D eigenvalue weighted by Gasteiger charge is -2.41. The predicted molar refractivity (Wildman–Crippen MR) is 92.9 cm³/mol. The summed E-state index contributed by atoms with van der Waals surface area (Å²) in [6.07, 6.45) is 0. The zero-order valence-electron chi connectivity index (χ0n) is 12.9. The van der Waals surface area contributed by atoms with Gasteiger partial charge in [-0.2, -0.15) is 0 Å². The van der Waals surface area contributed by atoms with Gasteiger partial charge in [-0.3, -0.25) is 0 Å². The first kappa shape index (κ1) is 15.2. The van der Waals surface area contributed by atoms with E-state index >= 15 is 0 Å². The molecule has 0 N–H and O–H groups in total. The van der Waals surface area contributed by atoms with Crippen LogP contribution in [0.3, 0.4) is 0 Å². The maximum Gasteiger partial charge on any atom is 0.184 e. The molecule has 0 aliphatic heterocycles. The van der Waals surface area contributed by atoms with Crippen LogP contribution in [0.1, 0.15) is 6.92 Å². The van der Waals surface area contributed by atoms with Crippen molar-refractivity contribution in [3.05, 3.63) is 60.7 Å². The fraction of sp³-hybridized carbons (Fsp3) is 0.294. The molecular formula is C17H24OSi2. The van der Waals surface area contributed by atoms with Crippen molar-refractivity contribution in [3.8, 4) is 0 Å². The molecule has 2 rings (SSSR count). The molecule has 0 amide bonds. The summed E-state index contributed by atoms with van der Waals surface area (Å²) < 4.78 is 6.30. The van der Waals surface area contributed by atoms with E-state index in [2.05, 4.69) is 87.2 Å². The van der Waals surface area contributed by atoms with E-state index in [0.717, 1.165) is 6.61 Å². The smallest absolute Gasteiger partial charge is 0.184 e. The molecule has 0 aliphatic carbocycles. The summed E-state index contributed by atoms with van der Waals surface area (Å²) in [5, 5.41) is 2.97. The van der Waals surface area contributed by atoms with Crippen molar-refractivity contribution in [3.63, 3.8) is 0 Å². The van der Waals surface area contributed by atoms with E-state index in [1.54, 1.807) is 0 Å². The fourth-order valence-corrected chi connectivity index (χ4v) is 13.8. The number of hydrogen-bond acceptors (Lipinski definition) is 1. The highest BCUT2D eigenvalue weighted by atomic mass is 29.3. The third-order valence-electron chi connectivity index (χ3n) is 4.41. The monoisotopic (exact) mass is 300 g/mol. The minimum atomic E-state index is -1.83. The SMILES string of the molecule is CCO[Si](C)(C)[Si](C)(c1ccccc1)c1ccccc1. The number of rotatable bonds is 5. The van der Waals surface area contributed by atoms with Crippen molar-refractivity contribution in [2.75, 3.05) is 6.61 Å². The number of benzene rings is 2. The van der Waals surface area contributed by atoms with E-state index in [4.69, 9.17) is 4.43 Å². The Morgan fingerprint density at radius 1 is 0.750 bits per heavy atom. The molecule has 0 aromatic heterocycles. The lowest BCUT2D eigenvalue weighted by molar-refractivity contribution is 0.342. The summed E-state index contributed by atoms with van der Waals surface area (Å²) in [5.41, 5.74) is 0. The van der Waals surface area contributed by atoms with Gasteiger partial charge in [-0.25, -0.2) is 0 Å². The standard InChI is InChI=1S/C17H24OSi2/c1-5-18-19(2,3)20(4,16-12-8-6-9-13-16)17-14-10-7-11-15-17/h6-15H,5H2,1-4H3. The van der Waals surface area contributed by atoms with E-state index < -0.39 is 15.4 Å². The molecule has 0 atom stereocenters. The lowest BCUT2D eigenvalue weighted by Crippen LogP contribution is -2.73. The van der Waals surface area contributed by atoms with Gasteiger partial charge in [-0.15, -0.1) is 0 Å². The second-order valence-corrected chi connectivity index (χ2v) is 19.1. The summed E-state index contributed by atoms with van der Waals surface area (Å²) in [7, 11) is -3.63. The molecule has 106 valence electrons. The fourth-order valence-electron chi connectivity index (χ4n) is 2.91. The van der Waals surface area contributed by atoms with E-state index in [1.165, 1.54) is 10.4 Å². The molecule has 3 heteroatoms. The van der Waals surface area contributed by atoms with Crippen molar-refractivity contribution in [2.24, 2.45) is 0 Å². The van der Waals surface area contributed by atoms with Gasteiger partial charge in [0.1, 0.15) is 7.59 Å². The van der Waals surface area contributed by atoms with Gasteiger partial charge in [-0.05, 0) is 20.0 Å². The van der Waals surface area contributed by atoms with Crippen molar-refractivity contribution in [1.82, 2.24) is 0 Å². The van der Waals surface area contributed by atoms with Crippen LogP contribution in [0, 0.1) is 0 Å². The highest BCUT2D eigenvalue weighted by molar-refractivity contribution is 7.48. The van der Waals surface area contributed by atoms with Gasteiger partial charge in [0.25, 0.3) is 0 Å². The first-order chi connectivity index (χ1) is 9.52. The van der Waals surface area contributed by atoms with Crippen LogP contribution < -0.4 is 10.4 Å².